The third-order valence-corrected chi connectivity index (χ3v) is 3.63. The smallest absolute Gasteiger partial charge is 0.0621 e. The van der Waals surface area contributed by atoms with Crippen LogP contribution in [0.2, 0.25) is 0 Å². The van der Waals surface area contributed by atoms with Crippen molar-refractivity contribution < 1.29 is 0 Å². The van der Waals surface area contributed by atoms with Crippen LogP contribution < -0.4 is 11.1 Å². The van der Waals surface area contributed by atoms with Crippen LogP contribution in [0.4, 0.5) is 5.69 Å². The third-order valence-electron chi connectivity index (χ3n) is 3.44. The molecule has 1 aliphatic rings. The largest absolute Gasteiger partial charge is 0.384 e. The molecule has 5 nitrogen and oxygen atoms in total. The van der Waals surface area contributed by atoms with Crippen LogP contribution in [0.5, 0.6) is 0 Å². The monoisotopic (exact) mass is 307 g/mol. The van der Waals surface area contributed by atoms with Crippen molar-refractivity contribution in [1.29, 1.82) is 0 Å². The van der Waals surface area contributed by atoms with Crippen LogP contribution in [0.25, 0.3) is 0 Å². The standard InChI is InChI=1S/C15H22ClN5/c16-8-10-18-13-6-4-12(5-7-13)11-14(17)15-3-1-2-9-19-21-20-15/h4-7,14,18H,1-3,8-11,17H2. The van der Waals surface area contributed by atoms with Gasteiger partial charge in [0.05, 0.1) is 12.3 Å². The highest BCUT2D eigenvalue weighted by Crippen LogP contribution is 2.13. The van der Waals surface area contributed by atoms with Gasteiger partial charge in [-0.2, -0.15) is 5.11 Å². The summed E-state index contributed by atoms with van der Waals surface area (Å²) in [6, 6.07) is 8.18. The maximum atomic E-state index is 6.25. The Balaban J connectivity index is 1.93. The Bertz CT molecular complexity index is 483. The molecule has 0 aromatic heterocycles. The Hall–Kier alpha value is -1.46. The predicted molar refractivity (Wildman–Crippen MR) is 88.3 cm³/mol. The zero-order valence-electron chi connectivity index (χ0n) is 12.1. The lowest BCUT2D eigenvalue weighted by molar-refractivity contribution is 0.696. The number of anilines is 1. The van der Waals surface area contributed by atoms with Crippen LogP contribution in [-0.4, -0.2) is 30.7 Å². The summed E-state index contributed by atoms with van der Waals surface area (Å²) < 4.78 is 0. The van der Waals surface area contributed by atoms with E-state index in [4.69, 9.17) is 17.3 Å². The van der Waals surface area contributed by atoms with Gasteiger partial charge in [-0.05, 0) is 48.6 Å². The van der Waals surface area contributed by atoms with Gasteiger partial charge in [-0.15, -0.1) is 16.7 Å². The lowest BCUT2D eigenvalue weighted by Crippen LogP contribution is -2.32. The van der Waals surface area contributed by atoms with Crippen molar-refractivity contribution in [2.24, 2.45) is 21.2 Å². The first-order valence-electron chi connectivity index (χ1n) is 7.37. The third kappa shape index (κ3) is 5.44. The van der Waals surface area contributed by atoms with Crippen molar-refractivity contribution in [3.05, 3.63) is 29.8 Å². The maximum Gasteiger partial charge on any atom is 0.0621 e. The number of nitrogens with one attached hydrogen (secondary N) is 1. The molecule has 0 spiro atoms. The molecule has 0 aliphatic carbocycles. The van der Waals surface area contributed by atoms with E-state index in [1.165, 1.54) is 5.56 Å². The van der Waals surface area contributed by atoms with E-state index in [-0.39, 0.29) is 6.04 Å². The minimum Gasteiger partial charge on any atom is -0.384 e. The highest BCUT2D eigenvalue weighted by molar-refractivity contribution is 6.18. The van der Waals surface area contributed by atoms with E-state index in [0.717, 1.165) is 50.2 Å². The average molecular weight is 308 g/mol. The Morgan fingerprint density at radius 2 is 2.05 bits per heavy atom. The van der Waals surface area contributed by atoms with E-state index in [0.29, 0.717) is 5.88 Å². The lowest BCUT2D eigenvalue weighted by atomic mass is 9.99. The fourth-order valence-electron chi connectivity index (χ4n) is 2.25. The first-order valence-corrected chi connectivity index (χ1v) is 7.90. The number of nitrogens with two attached hydrogens (primary N) is 1. The van der Waals surface area contributed by atoms with Gasteiger partial charge in [0.2, 0.25) is 0 Å². The molecule has 2 rings (SSSR count). The van der Waals surface area contributed by atoms with Gasteiger partial charge in [0.25, 0.3) is 0 Å². The molecule has 6 heteroatoms. The fourth-order valence-corrected chi connectivity index (χ4v) is 2.35. The topological polar surface area (TPSA) is 75.1 Å². The molecule has 114 valence electrons. The molecule has 1 aromatic carbocycles. The van der Waals surface area contributed by atoms with E-state index in [2.05, 4.69) is 32.9 Å². The number of nitrogens with zero attached hydrogens (tertiary/aromatic N) is 3. The second-order valence-corrected chi connectivity index (χ2v) is 5.50. The summed E-state index contributed by atoms with van der Waals surface area (Å²) >= 11 is 5.65. The van der Waals surface area contributed by atoms with Gasteiger partial charge in [0.1, 0.15) is 0 Å². The summed E-state index contributed by atoms with van der Waals surface area (Å²) in [5.74, 6) is 0.598. The van der Waals surface area contributed by atoms with Crippen LogP contribution in [-0.2, 0) is 6.42 Å². The van der Waals surface area contributed by atoms with Crippen LogP contribution >= 0.6 is 11.6 Å². The molecule has 0 saturated heterocycles. The van der Waals surface area contributed by atoms with Gasteiger partial charge in [-0.1, -0.05) is 12.1 Å². The quantitative estimate of drug-likeness (QED) is 0.792. The van der Waals surface area contributed by atoms with Crippen molar-refractivity contribution in [3.8, 4) is 0 Å². The normalized spacial score (nSPS) is 16.8. The van der Waals surface area contributed by atoms with Crippen LogP contribution in [0.3, 0.4) is 0 Å². The maximum absolute atomic E-state index is 6.25. The molecular formula is C15H22ClN5. The van der Waals surface area contributed by atoms with Gasteiger partial charge in [0.15, 0.2) is 0 Å². The first kappa shape index (κ1) is 15.9. The Morgan fingerprint density at radius 3 is 2.81 bits per heavy atom. The van der Waals surface area contributed by atoms with Gasteiger partial charge in [-0.3, -0.25) is 0 Å². The van der Waals surface area contributed by atoms with Crippen molar-refractivity contribution >= 4 is 23.0 Å². The summed E-state index contributed by atoms with van der Waals surface area (Å²) in [4.78, 5) is 0. The second kappa shape index (κ2) is 8.74. The van der Waals surface area contributed by atoms with E-state index < -0.39 is 0 Å². The average Bonchev–Trinajstić information content (AvgIpc) is 2.46. The fraction of sp³-hybridized carbons (Fsp3) is 0.533. The highest BCUT2D eigenvalue weighted by atomic mass is 35.5. The molecule has 0 saturated carbocycles. The summed E-state index contributed by atoms with van der Waals surface area (Å²) in [7, 11) is 0. The summed E-state index contributed by atoms with van der Waals surface area (Å²) in [6.45, 7) is 1.53. The Kier molecular flexibility index (Phi) is 6.63. The van der Waals surface area contributed by atoms with E-state index in [9.17, 15) is 0 Å². The van der Waals surface area contributed by atoms with Crippen LogP contribution in [0, 0.1) is 0 Å². The van der Waals surface area contributed by atoms with E-state index in [1.807, 2.05) is 12.1 Å². The molecule has 1 aliphatic heterocycles. The lowest BCUT2D eigenvalue weighted by Gasteiger charge is -2.15. The van der Waals surface area contributed by atoms with Gasteiger partial charge in [0, 0.05) is 24.2 Å². The summed E-state index contributed by atoms with van der Waals surface area (Å²) in [5, 5.41) is 15.2. The van der Waals surface area contributed by atoms with Crippen molar-refractivity contribution in [2.45, 2.75) is 31.7 Å². The molecule has 0 bridgehead atoms. The zero-order valence-corrected chi connectivity index (χ0v) is 12.9. The zero-order chi connectivity index (χ0) is 14.9. The van der Waals surface area contributed by atoms with Crippen molar-refractivity contribution in [2.75, 3.05) is 24.3 Å². The number of hydrogen-bond donors (Lipinski definition) is 2. The number of rotatable bonds is 6. The molecule has 0 fully saturated rings. The number of hydrogen-bond acceptors (Lipinski definition) is 5. The van der Waals surface area contributed by atoms with Gasteiger partial charge in [-0.25, -0.2) is 0 Å². The number of benzene rings is 1. The minimum absolute atomic E-state index is 0.0938. The first-order chi connectivity index (χ1) is 10.3. The predicted octanol–water partition coefficient (Wildman–Crippen LogP) is 3.20. The molecular weight excluding hydrogens is 286 g/mol. The molecule has 21 heavy (non-hydrogen) atoms. The van der Waals surface area contributed by atoms with Gasteiger partial charge >= 0.3 is 0 Å². The van der Waals surface area contributed by atoms with Crippen molar-refractivity contribution in [3.63, 3.8) is 0 Å². The highest BCUT2D eigenvalue weighted by Gasteiger charge is 2.13. The Morgan fingerprint density at radius 1 is 1.24 bits per heavy atom. The second-order valence-electron chi connectivity index (χ2n) is 5.13. The van der Waals surface area contributed by atoms with Crippen LogP contribution in [0.1, 0.15) is 24.8 Å². The van der Waals surface area contributed by atoms with Crippen LogP contribution in [0.15, 0.2) is 39.7 Å². The molecule has 0 radical (unpaired) electrons. The molecule has 1 aromatic rings. The SMILES string of the molecule is NC(Cc1ccc(NCCCl)cc1)C1=NN=NCCCC1. The number of halogens is 1. The van der Waals surface area contributed by atoms with Gasteiger partial charge < -0.3 is 11.1 Å². The molecule has 3 N–H and O–H groups in total. The Labute approximate surface area is 130 Å². The summed E-state index contributed by atoms with van der Waals surface area (Å²) in [6.07, 6.45) is 3.81. The summed E-state index contributed by atoms with van der Waals surface area (Å²) in [5.41, 5.74) is 9.47. The molecule has 1 atom stereocenters. The molecule has 1 heterocycles. The number of alkyl halides is 1. The van der Waals surface area contributed by atoms with E-state index in [1.54, 1.807) is 0 Å². The molecule has 0 amide bonds. The minimum atomic E-state index is -0.0938. The van der Waals surface area contributed by atoms with E-state index >= 15 is 0 Å². The molecule has 1 unspecified atom stereocenters. The van der Waals surface area contributed by atoms with Crippen molar-refractivity contribution in [1.82, 2.24) is 0 Å².